The van der Waals surface area contributed by atoms with Crippen molar-refractivity contribution in [2.45, 2.75) is 30.9 Å². The first-order valence-corrected chi connectivity index (χ1v) is 4.52. The molecular formula is C8H20ClN3. The summed E-state index contributed by atoms with van der Waals surface area (Å²) in [5.41, 5.74) is -0.125. The van der Waals surface area contributed by atoms with Crippen molar-refractivity contribution in [3.05, 3.63) is 0 Å². The van der Waals surface area contributed by atoms with Crippen LogP contribution in [0.4, 0.5) is 0 Å². The second-order valence-corrected chi connectivity index (χ2v) is 4.29. The van der Waals surface area contributed by atoms with Crippen LogP contribution >= 0.6 is 11.6 Å². The Hall–Kier alpha value is 0.170. The van der Waals surface area contributed by atoms with Gasteiger partial charge in [-0.15, -0.1) is 11.6 Å². The molecule has 3 nitrogen and oxygen atoms in total. The fourth-order valence-electron chi connectivity index (χ4n) is 1.05. The Morgan fingerprint density at radius 3 is 1.67 bits per heavy atom. The minimum absolute atomic E-state index is 0.125. The van der Waals surface area contributed by atoms with Crippen molar-refractivity contribution in [2.24, 2.45) is 0 Å². The Bertz CT molecular complexity index is 132. The Labute approximate surface area is 80.2 Å². The molecule has 74 valence electrons. The zero-order valence-corrected chi connectivity index (χ0v) is 9.34. The molecule has 0 aliphatic carbocycles. The maximum absolute atomic E-state index is 6.17. The van der Waals surface area contributed by atoms with Crippen LogP contribution < -0.4 is 16.0 Å². The third-order valence-corrected chi connectivity index (χ3v) is 2.63. The SMILES string of the molecule is CNC(C)(Cl)CC(C)(NC)NC. The van der Waals surface area contributed by atoms with Crippen LogP contribution in [0, 0.1) is 0 Å². The van der Waals surface area contributed by atoms with Crippen molar-refractivity contribution in [2.75, 3.05) is 21.1 Å². The van der Waals surface area contributed by atoms with E-state index in [9.17, 15) is 0 Å². The largest absolute Gasteiger partial charge is 0.303 e. The number of alkyl halides is 1. The van der Waals surface area contributed by atoms with Gasteiger partial charge in [-0.3, -0.25) is 0 Å². The lowest BCUT2D eigenvalue weighted by Gasteiger charge is -2.35. The van der Waals surface area contributed by atoms with Crippen LogP contribution in [0.1, 0.15) is 20.3 Å². The molecule has 0 spiro atoms. The summed E-state index contributed by atoms with van der Waals surface area (Å²) in [4.78, 5) is -0.374. The molecule has 0 heterocycles. The molecule has 0 aliphatic heterocycles. The van der Waals surface area contributed by atoms with Crippen LogP contribution in [0.2, 0.25) is 0 Å². The van der Waals surface area contributed by atoms with Crippen LogP contribution in [0.25, 0.3) is 0 Å². The third kappa shape index (κ3) is 3.72. The lowest BCUT2D eigenvalue weighted by Crippen LogP contribution is -2.56. The summed E-state index contributed by atoms with van der Waals surface area (Å²) in [7, 11) is 5.69. The van der Waals surface area contributed by atoms with Gasteiger partial charge in [0.15, 0.2) is 0 Å². The molecule has 0 radical (unpaired) electrons. The van der Waals surface area contributed by atoms with Gasteiger partial charge in [-0.2, -0.15) is 0 Å². The second kappa shape index (κ2) is 4.42. The summed E-state index contributed by atoms with van der Waals surface area (Å²) < 4.78 is 0. The Balaban J connectivity index is 4.20. The Kier molecular flexibility index (Phi) is 4.48. The topological polar surface area (TPSA) is 36.1 Å². The summed E-state index contributed by atoms with van der Waals surface area (Å²) in [6.07, 6.45) is 0.797. The quantitative estimate of drug-likeness (QED) is 0.342. The average Bonchev–Trinajstić information content (AvgIpc) is 2.04. The molecule has 12 heavy (non-hydrogen) atoms. The van der Waals surface area contributed by atoms with Crippen LogP contribution in [-0.4, -0.2) is 31.8 Å². The number of halogens is 1. The average molecular weight is 194 g/mol. The maximum atomic E-state index is 6.17. The first-order chi connectivity index (χ1) is 5.39. The van der Waals surface area contributed by atoms with E-state index in [1.165, 1.54) is 0 Å². The van der Waals surface area contributed by atoms with Crippen LogP contribution in [0.15, 0.2) is 0 Å². The second-order valence-electron chi connectivity index (χ2n) is 3.46. The van der Waals surface area contributed by atoms with E-state index in [2.05, 4.69) is 22.9 Å². The third-order valence-electron chi connectivity index (χ3n) is 2.31. The van der Waals surface area contributed by atoms with Crippen LogP contribution in [0.3, 0.4) is 0 Å². The molecule has 0 rings (SSSR count). The van der Waals surface area contributed by atoms with Crippen molar-refractivity contribution in [3.63, 3.8) is 0 Å². The summed E-state index contributed by atoms with van der Waals surface area (Å²) in [6, 6.07) is 0. The highest BCUT2D eigenvalue weighted by molar-refractivity contribution is 6.23. The van der Waals surface area contributed by atoms with E-state index in [-0.39, 0.29) is 10.7 Å². The van der Waals surface area contributed by atoms with E-state index >= 15 is 0 Å². The van der Waals surface area contributed by atoms with Gasteiger partial charge in [0.05, 0.1) is 10.7 Å². The van der Waals surface area contributed by atoms with Crippen molar-refractivity contribution < 1.29 is 0 Å². The molecular weight excluding hydrogens is 174 g/mol. The summed E-state index contributed by atoms with van der Waals surface area (Å²) in [6.45, 7) is 4.03. The molecule has 0 fully saturated rings. The molecule has 0 aromatic rings. The Morgan fingerprint density at radius 1 is 1.00 bits per heavy atom. The molecule has 0 amide bonds. The van der Waals surface area contributed by atoms with Crippen molar-refractivity contribution in [1.82, 2.24) is 16.0 Å². The molecule has 0 saturated carbocycles. The fraction of sp³-hybridized carbons (Fsp3) is 1.00. The molecule has 0 aliphatic rings. The predicted molar refractivity (Wildman–Crippen MR) is 54.5 cm³/mol. The van der Waals surface area contributed by atoms with E-state index < -0.39 is 0 Å². The van der Waals surface area contributed by atoms with Gasteiger partial charge in [0, 0.05) is 6.42 Å². The van der Waals surface area contributed by atoms with E-state index in [1.807, 2.05) is 28.1 Å². The minimum Gasteiger partial charge on any atom is -0.303 e. The van der Waals surface area contributed by atoms with Crippen molar-refractivity contribution in [3.8, 4) is 0 Å². The van der Waals surface area contributed by atoms with Gasteiger partial charge < -0.3 is 16.0 Å². The normalized spacial score (nSPS) is 17.5. The van der Waals surface area contributed by atoms with Crippen molar-refractivity contribution in [1.29, 1.82) is 0 Å². The lowest BCUT2D eigenvalue weighted by atomic mass is 10.0. The van der Waals surface area contributed by atoms with E-state index in [0.717, 1.165) is 6.42 Å². The highest BCUT2D eigenvalue weighted by Gasteiger charge is 2.30. The smallest absolute Gasteiger partial charge is 0.0935 e. The Morgan fingerprint density at radius 2 is 1.42 bits per heavy atom. The molecule has 1 atom stereocenters. The maximum Gasteiger partial charge on any atom is 0.0935 e. The zero-order valence-electron chi connectivity index (χ0n) is 8.59. The molecule has 3 N–H and O–H groups in total. The molecule has 0 saturated heterocycles. The summed E-state index contributed by atoms with van der Waals surface area (Å²) in [5.74, 6) is 0. The predicted octanol–water partition coefficient (Wildman–Crippen LogP) is 0.706. The van der Waals surface area contributed by atoms with E-state index in [0.29, 0.717) is 0 Å². The number of rotatable bonds is 5. The van der Waals surface area contributed by atoms with Gasteiger partial charge in [-0.05, 0) is 35.0 Å². The zero-order chi connectivity index (χ0) is 9.83. The monoisotopic (exact) mass is 193 g/mol. The highest BCUT2D eigenvalue weighted by atomic mass is 35.5. The minimum atomic E-state index is -0.374. The lowest BCUT2D eigenvalue weighted by molar-refractivity contribution is 0.258. The summed E-state index contributed by atoms with van der Waals surface area (Å²) >= 11 is 6.17. The van der Waals surface area contributed by atoms with Crippen LogP contribution in [-0.2, 0) is 0 Å². The van der Waals surface area contributed by atoms with Crippen molar-refractivity contribution >= 4 is 11.6 Å². The van der Waals surface area contributed by atoms with Gasteiger partial charge in [-0.1, -0.05) is 0 Å². The standard InChI is InChI=1S/C8H20ClN3/c1-7(9,10-3)6-8(2,11-4)12-5/h10-12H,6H2,1-5H3. The molecule has 0 aromatic carbocycles. The molecule has 1 unspecified atom stereocenters. The van der Waals surface area contributed by atoms with Crippen LogP contribution in [0.5, 0.6) is 0 Å². The van der Waals surface area contributed by atoms with E-state index in [1.54, 1.807) is 0 Å². The van der Waals surface area contributed by atoms with Gasteiger partial charge in [0.2, 0.25) is 0 Å². The van der Waals surface area contributed by atoms with Gasteiger partial charge in [0.25, 0.3) is 0 Å². The van der Waals surface area contributed by atoms with Gasteiger partial charge in [-0.25, -0.2) is 0 Å². The fourth-order valence-corrected chi connectivity index (χ4v) is 1.32. The van der Waals surface area contributed by atoms with Gasteiger partial charge in [0.1, 0.15) is 0 Å². The highest BCUT2D eigenvalue weighted by Crippen LogP contribution is 2.21. The first-order valence-electron chi connectivity index (χ1n) is 4.15. The molecule has 0 bridgehead atoms. The molecule has 4 heteroatoms. The summed E-state index contributed by atoms with van der Waals surface area (Å²) in [5, 5.41) is 9.42. The van der Waals surface area contributed by atoms with Gasteiger partial charge >= 0.3 is 0 Å². The van der Waals surface area contributed by atoms with E-state index in [4.69, 9.17) is 11.6 Å². The first kappa shape index (κ1) is 12.2. The number of hydrogen-bond acceptors (Lipinski definition) is 3. The number of nitrogens with one attached hydrogen (secondary N) is 3. The number of hydrogen-bond donors (Lipinski definition) is 3. The molecule has 0 aromatic heterocycles.